The van der Waals surface area contributed by atoms with Gasteiger partial charge in [0.1, 0.15) is 10.1 Å². The largest absolute Gasteiger partial charge is 0.508 e. The standard InChI is InChI=1S/C16H11NO2S2/c18-13-7-5-12(6-8-13)11-3-1-10(2-4-11)9-14-15(19)17-16(20)21-14/h1-9,18H,(H,17,19,20). The minimum Gasteiger partial charge on any atom is -0.508 e. The molecule has 21 heavy (non-hydrogen) atoms. The van der Waals surface area contributed by atoms with Crippen LogP contribution in [0.1, 0.15) is 5.56 Å². The van der Waals surface area contributed by atoms with E-state index in [1.165, 1.54) is 11.8 Å². The Morgan fingerprint density at radius 2 is 1.57 bits per heavy atom. The van der Waals surface area contributed by atoms with E-state index in [1.807, 2.05) is 42.5 Å². The SMILES string of the molecule is O=C1NC(=S)SC1=Cc1ccc(-c2ccc(O)cc2)cc1. The maximum Gasteiger partial charge on any atom is 0.263 e. The van der Waals surface area contributed by atoms with Gasteiger partial charge in [0.2, 0.25) is 0 Å². The maximum absolute atomic E-state index is 11.6. The first-order chi connectivity index (χ1) is 10.1. The van der Waals surface area contributed by atoms with Crippen molar-refractivity contribution in [3.8, 4) is 16.9 Å². The Kier molecular flexibility index (Phi) is 3.77. The molecule has 1 saturated heterocycles. The van der Waals surface area contributed by atoms with Crippen molar-refractivity contribution in [3.05, 3.63) is 59.0 Å². The number of carbonyl (C=O) groups is 1. The molecule has 1 amide bonds. The van der Waals surface area contributed by atoms with Crippen LogP contribution in [-0.2, 0) is 4.79 Å². The summed E-state index contributed by atoms with van der Waals surface area (Å²) >= 11 is 6.23. The molecule has 1 fully saturated rings. The van der Waals surface area contributed by atoms with Crippen molar-refractivity contribution >= 4 is 40.3 Å². The zero-order valence-corrected chi connectivity index (χ0v) is 12.5. The lowest BCUT2D eigenvalue weighted by atomic mass is 10.0. The van der Waals surface area contributed by atoms with Crippen molar-refractivity contribution < 1.29 is 9.90 Å². The van der Waals surface area contributed by atoms with E-state index < -0.39 is 0 Å². The van der Waals surface area contributed by atoms with Gasteiger partial charge in [0, 0.05) is 0 Å². The normalized spacial score (nSPS) is 16.3. The van der Waals surface area contributed by atoms with Gasteiger partial charge in [-0.25, -0.2) is 0 Å². The summed E-state index contributed by atoms with van der Waals surface area (Å²) < 4.78 is 0.493. The van der Waals surface area contributed by atoms with Gasteiger partial charge >= 0.3 is 0 Å². The smallest absolute Gasteiger partial charge is 0.263 e. The van der Waals surface area contributed by atoms with Crippen LogP contribution in [-0.4, -0.2) is 15.3 Å². The molecule has 0 radical (unpaired) electrons. The van der Waals surface area contributed by atoms with E-state index in [2.05, 4.69) is 5.32 Å². The van der Waals surface area contributed by atoms with E-state index in [9.17, 15) is 9.90 Å². The highest BCUT2D eigenvalue weighted by Crippen LogP contribution is 2.27. The number of phenols is 1. The molecule has 1 aliphatic heterocycles. The van der Waals surface area contributed by atoms with Gasteiger partial charge in [-0.1, -0.05) is 60.4 Å². The predicted molar refractivity (Wildman–Crippen MR) is 89.9 cm³/mol. The van der Waals surface area contributed by atoms with Crippen LogP contribution in [0.25, 0.3) is 17.2 Å². The Labute approximate surface area is 131 Å². The lowest BCUT2D eigenvalue weighted by Gasteiger charge is -2.03. The fourth-order valence-electron chi connectivity index (χ4n) is 2.00. The third-order valence-corrected chi connectivity index (χ3v) is 4.21. The summed E-state index contributed by atoms with van der Waals surface area (Å²) in [5.74, 6) is 0.105. The molecular weight excluding hydrogens is 302 g/mol. The number of amides is 1. The molecule has 1 heterocycles. The summed E-state index contributed by atoms with van der Waals surface area (Å²) in [5, 5.41) is 11.9. The number of aromatic hydroxyl groups is 1. The molecule has 0 atom stereocenters. The van der Waals surface area contributed by atoms with E-state index in [4.69, 9.17) is 12.2 Å². The Bertz CT molecular complexity index is 734. The molecule has 3 rings (SSSR count). The number of thiocarbonyl (C=S) groups is 1. The molecule has 0 unspecified atom stereocenters. The molecule has 104 valence electrons. The van der Waals surface area contributed by atoms with Crippen LogP contribution in [0.15, 0.2) is 53.4 Å². The van der Waals surface area contributed by atoms with Gasteiger partial charge in [0.15, 0.2) is 0 Å². The average Bonchev–Trinajstić information content (AvgIpc) is 2.79. The number of nitrogens with one attached hydrogen (secondary N) is 1. The van der Waals surface area contributed by atoms with Crippen LogP contribution in [0.4, 0.5) is 0 Å². The minimum atomic E-state index is -0.146. The summed E-state index contributed by atoms with van der Waals surface area (Å²) in [7, 11) is 0. The molecule has 0 aliphatic carbocycles. The average molecular weight is 313 g/mol. The van der Waals surface area contributed by atoms with Crippen LogP contribution in [0.5, 0.6) is 5.75 Å². The molecule has 1 aliphatic rings. The third kappa shape index (κ3) is 3.15. The molecule has 0 aromatic heterocycles. The van der Waals surface area contributed by atoms with Crippen LogP contribution in [0, 0.1) is 0 Å². The van der Waals surface area contributed by atoms with Crippen molar-refractivity contribution in [2.24, 2.45) is 0 Å². The van der Waals surface area contributed by atoms with Crippen LogP contribution in [0.3, 0.4) is 0 Å². The Morgan fingerprint density at radius 3 is 2.10 bits per heavy atom. The van der Waals surface area contributed by atoms with Crippen molar-refractivity contribution in [2.45, 2.75) is 0 Å². The van der Waals surface area contributed by atoms with Gasteiger partial charge in [-0.2, -0.15) is 0 Å². The number of hydrogen-bond acceptors (Lipinski definition) is 4. The number of hydrogen-bond donors (Lipinski definition) is 2. The second kappa shape index (κ2) is 5.71. The zero-order chi connectivity index (χ0) is 14.8. The fourth-order valence-corrected chi connectivity index (χ4v) is 3.04. The number of phenolic OH excluding ortho intramolecular Hbond substituents is 1. The van der Waals surface area contributed by atoms with Crippen LogP contribution < -0.4 is 5.32 Å². The molecule has 0 spiro atoms. The third-order valence-electron chi connectivity index (χ3n) is 3.05. The van der Waals surface area contributed by atoms with Gasteiger partial charge in [-0.15, -0.1) is 0 Å². The van der Waals surface area contributed by atoms with Crippen molar-refractivity contribution in [3.63, 3.8) is 0 Å². The monoisotopic (exact) mass is 313 g/mol. The molecular formula is C16H11NO2S2. The van der Waals surface area contributed by atoms with Gasteiger partial charge in [0.05, 0.1) is 4.91 Å². The molecule has 0 saturated carbocycles. The van der Waals surface area contributed by atoms with E-state index in [0.29, 0.717) is 9.23 Å². The lowest BCUT2D eigenvalue weighted by molar-refractivity contribution is -0.115. The molecule has 2 aromatic rings. The highest BCUT2D eigenvalue weighted by Gasteiger charge is 2.21. The maximum atomic E-state index is 11.6. The van der Waals surface area contributed by atoms with Crippen molar-refractivity contribution in [2.75, 3.05) is 0 Å². The zero-order valence-electron chi connectivity index (χ0n) is 10.9. The molecule has 5 heteroatoms. The highest BCUT2D eigenvalue weighted by molar-refractivity contribution is 8.26. The second-order valence-electron chi connectivity index (χ2n) is 4.52. The summed E-state index contributed by atoms with van der Waals surface area (Å²) in [4.78, 5) is 12.2. The van der Waals surface area contributed by atoms with E-state index in [-0.39, 0.29) is 11.7 Å². The Hall–Kier alpha value is -2.11. The lowest BCUT2D eigenvalue weighted by Crippen LogP contribution is -2.17. The molecule has 0 bridgehead atoms. The quantitative estimate of drug-likeness (QED) is 0.657. The van der Waals surface area contributed by atoms with E-state index in [0.717, 1.165) is 16.7 Å². The van der Waals surface area contributed by atoms with Crippen molar-refractivity contribution in [1.82, 2.24) is 5.32 Å². The summed E-state index contributed by atoms with van der Waals surface area (Å²) in [6.45, 7) is 0. The first-order valence-corrected chi connectivity index (χ1v) is 7.48. The molecule has 3 nitrogen and oxygen atoms in total. The Morgan fingerprint density at radius 1 is 1.00 bits per heavy atom. The number of thioether (sulfide) groups is 1. The van der Waals surface area contributed by atoms with Gasteiger partial charge in [0.25, 0.3) is 5.91 Å². The molecule has 2 aromatic carbocycles. The van der Waals surface area contributed by atoms with Crippen LogP contribution in [0.2, 0.25) is 0 Å². The van der Waals surface area contributed by atoms with Gasteiger partial charge < -0.3 is 10.4 Å². The first-order valence-electron chi connectivity index (χ1n) is 6.26. The van der Waals surface area contributed by atoms with E-state index in [1.54, 1.807) is 12.1 Å². The number of rotatable bonds is 2. The van der Waals surface area contributed by atoms with Crippen LogP contribution >= 0.6 is 24.0 Å². The first kappa shape index (κ1) is 13.9. The van der Waals surface area contributed by atoms with Crippen molar-refractivity contribution in [1.29, 1.82) is 0 Å². The predicted octanol–water partition coefficient (Wildman–Crippen LogP) is 3.55. The number of benzene rings is 2. The summed E-state index contributed by atoms with van der Waals surface area (Å²) in [6.07, 6.45) is 1.82. The number of carbonyl (C=O) groups excluding carboxylic acids is 1. The van der Waals surface area contributed by atoms with Gasteiger partial charge in [-0.05, 0) is 34.9 Å². The van der Waals surface area contributed by atoms with E-state index >= 15 is 0 Å². The highest BCUT2D eigenvalue weighted by atomic mass is 32.2. The second-order valence-corrected chi connectivity index (χ2v) is 6.24. The van der Waals surface area contributed by atoms with Gasteiger partial charge in [-0.3, -0.25) is 4.79 Å². The fraction of sp³-hybridized carbons (Fsp3) is 0. The molecule has 2 N–H and O–H groups in total. The summed E-state index contributed by atoms with van der Waals surface area (Å²) in [5.41, 5.74) is 3.03. The summed E-state index contributed by atoms with van der Waals surface area (Å²) in [6, 6.07) is 14.9. The minimum absolute atomic E-state index is 0.146. The Balaban J connectivity index is 1.84. The topological polar surface area (TPSA) is 49.3 Å².